The minimum Gasteiger partial charge on any atom is -0.368 e. The summed E-state index contributed by atoms with van der Waals surface area (Å²) in [6.07, 6.45) is 0.296. The van der Waals surface area contributed by atoms with Gasteiger partial charge in [0.1, 0.15) is 5.82 Å². The third-order valence-corrected chi connectivity index (χ3v) is 3.31. The molecule has 6 nitrogen and oxygen atoms in total. The highest BCUT2D eigenvalue weighted by Gasteiger charge is 2.33. The monoisotopic (exact) mass is 313 g/mol. The lowest BCUT2D eigenvalue weighted by molar-refractivity contribution is -0.156. The number of nitrogens with two attached hydrogens (primary N) is 2. The van der Waals surface area contributed by atoms with Crippen LogP contribution >= 0.6 is 11.6 Å². The third kappa shape index (κ3) is 3.43. The van der Waals surface area contributed by atoms with E-state index >= 15 is 0 Å². The summed E-state index contributed by atoms with van der Waals surface area (Å²) >= 11 is 5.96. The number of hydrogen-bond acceptors (Lipinski definition) is 6. The fraction of sp³-hybridized carbons (Fsp3) is 0.385. The summed E-state index contributed by atoms with van der Waals surface area (Å²) in [5.74, 6) is -0.172. The predicted octanol–water partition coefficient (Wildman–Crippen LogP) is 1.63. The van der Waals surface area contributed by atoms with Crippen molar-refractivity contribution >= 4 is 23.5 Å². The molecule has 1 aromatic rings. The second-order valence-electron chi connectivity index (χ2n) is 5.01. The van der Waals surface area contributed by atoms with Gasteiger partial charge in [-0.15, -0.1) is 0 Å². The maximum absolute atomic E-state index is 13.7. The molecule has 0 saturated carbocycles. The average molecular weight is 314 g/mol. The number of rotatable bonds is 4. The van der Waals surface area contributed by atoms with Gasteiger partial charge in [0.05, 0.1) is 6.61 Å². The molecule has 0 unspecified atom stereocenters. The smallest absolute Gasteiger partial charge is 0.226 e. The van der Waals surface area contributed by atoms with Gasteiger partial charge in [-0.25, -0.2) is 9.38 Å². The lowest BCUT2D eigenvalue weighted by Gasteiger charge is -2.36. The highest BCUT2D eigenvalue weighted by molar-refractivity contribution is 6.31. The summed E-state index contributed by atoms with van der Waals surface area (Å²) in [6.45, 7) is 3.73. The Bertz CT molecular complexity index is 582. The van der Waals surface area contributed by atoms with Crippen molar-refractivity contribution < 1.29 is 9.23 Å². The van der Waals surface area contributed by atoms with Crippen LogP contribution in [0.15, 0.2) is 28.2 Å². The van der Waals surface area contributed by atoms with E-state index in [1.807, 2.05) is 0 Å². The normalized spacial score (nSPS) is 17.4. The molecule has 1 heterocycles. The van der Waals surface area contributed by atoms with Crippen LogP contribution in [0.4, 0.5) is 4.39 Å². The van der Waals surface area contributed by atoms with Crippen LogP contribution in [0.1, 0.15) is 19.4 Å². The molecule has 0 spiro atoms. The molecule has 0 atom stereocenters. The Morgan fingerprint density at radius 1 is 1.38 bits per heavy atom. The molecule has 0 radical (unpaired) electrons. The van der Waals surface area contributed by atoms with Crippen LogP contribution in [0.5, 0.6) is 0 Å². The van der Waals surface area contributed by atoms with E-state index in [4.69, 9.17) is 27.9 Å². The van der Waals surface area contributed by atoms with Crippen molar-refractivity contribution in [1.29, 1.82) is 0 Å². The van der Waals surface area contributed by atoms with Crippen molar-refractivity contribution in [3.8, 4) is 0 Å². The molecule has 0 aliphatic carbocycles. The van der Waals surface area contributed by atoms with E-state index in [0.29, 0.717) is 17.0 Å². The Hall–Kier alpha value is -1.86. The van der Waals surface area contributed by atoms with E-state index in [1.165, 1.54) is 11.1 Å². The zero-order valence-electron chi connectivity index (χ0n) is 11.8. The van der Waals surface area contributed by atoms with Crippen molar-refractivity contribution in [2.45, 2.75) is 25.9 Å². The Kier molecular flexibility index (Phi) is 4.34. The van der Waals surface area contributed by atoms with Gasteiger partial charge in [-0.3, -0.25) is 4.84 Å². The molecule has 114 valence electrons. The standard InChI is InChI=1S/C13H17ClFN5O/c1-13(2)19-11(16)18-12(17)20(13)21-7-6-8-9(14)4-3-5-10(8)15/h3-5H,6-7H2,1-2H3,(H4,16,17,18,19). The van der Waals surface area contributed by atoms with Crippen molar-refractivity contribution in [3.05, 3.63) is 34.6 Å². The molecule has 0 bridgehead atoms. The Labute approximate surface area is 127 Å². The van der Waals surface area contributed by atoms with Crippen LogP contribution in [-0.4, -0.2) is 29.3 Å². The second-order valence-corrected chi connectivity index (χ2v) is 5.42. The maximum Gasteiger partial charge on any atom is 0.226 e. The number of nitrogens with zero attached hydrogens (tertiary/aromatic N) is 3. The van der Waals surface area contributed by atoms with Crippen molar-refractivity contribution in [3.63, 3.8) is 0 Å². The first-order valence-corrected chi connectivity index (χ1v) is 6.74. The maximum atomic E-state index is 13.7. The van der Waals surface area contributed by atoms with Crippen LogP contribution in [-0.2, 0) is 11.3 Å². The van der Waals surface area contributed by atoms with Gasteiger partial charge in [0.2, 0.25) is 11.9 Å². The summed E-state index contributed by atoms with van der Waals surface area (Å²) in [5.41, 5.74) is 10.9. The van der Waals surface area contributed by atoms with Gasteiger partial charge in [0.15, 0.2) is 5.66 Å². The van der Waals surface area contributed by atoms with Crippen molar-refractivity contribution in [2.24, 2.45) is 21.5 Å². The number of benzene rings is 1. The molecule has 2 rings (SSSR count). The van der Waals surface area contributed by atoms with E-state index in [-0.39, 0.29) is 24.3 Å². The van der Waals surface area contributed by atoms with Gasteiger partial charge in [0.25, 0.3) is 0 Å². The van der Waals surface area contributed by atoms with E-state index in [1.54, 1.807) is 26.0 Å². The average Bonchev–Trinajstić information content (AvgIpc) is 2.34. The van der Waals surface area contributed by atoms with E-state index in [9.17, 15) is 4.39 Å². The molecular weight excluding hydrogens is 297 g/mol. The fourth-order valence-corrected chi connectivity index (χ4v) is 2.29. The number of halogens is 2. The van der Waals surface area contributed by atoms with Gasteiger partial charge in [0, 0.05) is 17.0 Å². The van der Waals surface area contributed by atoms with E-state index in [0.717, 1.165) is 0 Å². The molecule has 1 aliphatic rings. The van der Waals surface area contributed by atoms with Gasteiger partial charge in [-0.05, 0) is 26.0 Å². The van der Waals surface area contributed by atoms with Crippen LogP contribution in [0, 0.1) is 5.82 Å². The lowest BCUT2D eigenvalue weighted by Crippen LogP contribution is -2.53. The van der Waals surface area contributed by atoms with Crippen molar-refractivity contribution in [1.82, 2.24) is 5.06 Å². The number of guanidine groups is 2. The molecule has 21 heavy (non-hydrogen) atoms. The highest BCUT2D eigenvalue weighted by atomic mass is 35.5. The molecule has 0 saturated heterocycles. The fourth-order valence-electron chi connectivity index (χ4n) is 2.03. The van der Waals surface area contributed by atoms with Gasteiger partial charge < -0.3 is 11.5 Å². The SMILES string of the molecule is CC1(C)N=C(N)N=C(N)N1OCCc1c(F)cccc1Cl. The molecular formula is C13H17ClFN5O. The quantitative estimate of drug-likeness (QED) is 0.884. The number of aliphatic imine (C=N–C) groups is 2. The van der Waals surface area contributed by atoms with Gasteiger partial charge >= 0.3 is 0 Å². The van der Waals surface area contributed by atoms with E-state index < -0.39 is 5.66 Å². The summed E-state index contributed by atoms with van der Waals surface area (Å²) in [6, 6.07) is 4.54. The predicted molar refractivity (Wildman–Crippen MR) is 80.2 cm³/mol. The summed E-state index contributed by atoms with van der Waals surface area (Å²) in [4.78, 5) is 13.5. The topological polar surface area (TPSA) is 89.2 Å². The number of hydrogen-bond donors (Lipinski definition) is 2. The summed E-state index contributed by atoms with van der Waals surface area (Å²) < 4.78 is 13.7. The molecule has 1 aliphatic heterocycles. The van der Waals surface area contributed by atoms with Crippen LogP contribution in [0.2, 0.25) is 5.02 Å². The second kappa shape index (κ2) is 5.87. The first-order chi connectivity index (χ1) is 9.81. The van der Waals surface area contributed by atoms with Crippen LogP contribution in [0.3, 0.4) is 0 Å². The molecule has 0 aromatic heterocycles. The largest absolute Gasteiger partial charge is 0.368 e. The first-order valence-electron chi connectivity index (χ1n) is 6.37. The molecule has 8 heteroatoms. The summed E-state index contributed by atoms with van der Waals surface area (Å²) in [7, 11) is 0. The number of hydroxylamine groups is 2. The van der Waals surface area contributed by atoms with Crippen LogP contribution in [0.25, 0.3) is 0 Å². The zero-order chi connectivity index (χ0) is 15.6. The molecule has 0 fully saturated rings. The van der Waals surface area contributed by atoms with Gasteiger partial charge in [-0.1, -0.05) is 17.7 Å². The minimum atomic E-state index is -0.783. The molecule has 0 amide bonds. The Morgan fingerprint density at radius 3 is 2.71 bits per heavy atom. The minimum absolute atomic E-state index is 0.0921. The Morgan fingerprint density at radius 2 is 2.10 bits per heavy atom. The molecule has 4 N–H and O–H groups in total. The van der Waals surface area contributed by atoms with E-state index in [2.05, 4.69) is 9.98 Å². The summed E-state index contributed by atoms with van der Waals surface area (Å²) in [5, 5.41) is 1.71. The van der Waals surface area contributed by atoms with Gasteiger partial charge in [-0.2, -0.15) is 10.1 Å². The molecule has 1 aromatic carbocycles. The Balaban J connectivity index is 2.02. The first kappa shape index (κ1) is 15.5. The highest BCUT2D eigenvalue weighted by Crippen LogP contribution is 2.22. The third-order valence-electron chi connectivity index (χ3n) is 2.96. The lowest BCUT2D eigenvalue weighted by atomic mass is 10.1. The van der Waals surface area contributed by atoms with Crippen LogP contribution < -0.4 is 11.5 Å². The zero-order valence-corrected chi connectivity index (χ0v) is 12.6. The van der Waals surface area contributed by atoms with Crippen molar-refractivity contribution in [2.75, 3.05) is 6.61 Å².